The lowest BCUT2D eigenvalue weighted by Crippen LogP contribution is -1.95. The summed E-state index contributed by atoms with van der Waals surface area (Å²) in [4.78, 5) is 11.5. The van der Waals surface area contributed by atoms with Crippen molar-refractivity contribution in [1.29, 1.82) is 0 Å². The molecule has 0 aliphatic carbocycles. The van der Waals surface area contributed by atoms with Gasteiger partial charge in [-0.3, -0.25) is 0 Å². The summed E-state index contributed by atoms with van der Waals surface area (Å²) in [5.74, 6) is 6.88. The van der Waals surface area contributed by atoms with Crippen molar-refractivity contribution in [3.8, 4) is 17.6 Å². The molecule has 126 valence electrons. The summed E-state index contributed by atoms with van der Waals surface area (Å²) in [7, 11) is 1.63. The van der Waals surface area contributed by atoms with E-state index in [-0.39, 0.29) is 6.61 Å². The molecule has 0 amide bonds. The molecule has 1 heterocycles. The summed E-state index contributed by atoms with van der Waals surface area (Å²) in [5.41, 5.74) is 1.50. The van der Waals surface area contributed by atoms with Crippen LogP contribution in [0.1, 0.15) is 19.4 Å². The summed E-state index contributed by atoms with van der Waals surface area (Å²) < 4.78 is 21.1. The van der Waals surface area contributed by atoms with Crippen LogP contribution in [0, 0.1) is 11.8 Å². The Morgan fingerprint density at radius 3 is 2.67 bits per heavy atom. The standard InChI is InChI=1S/C19H20O5/c1-4-23-18-14(2)19(20)24-17(18)7-5-6-12-22-13-15-8-10-16(21-3)11-9-15/h7-11H,4,12-13H2,1-3H3/b17-7-. The van der Waals surface area contributed by atoms with Gasteiger partial charge in [-0.2, -0.15) is 0 Å². The van der Waals surface area contributed by atoms with E-state index in [1.165, 1.54) is 6.08 Å². The fourth-order valence-electron chi connectivity index (χ4n) is 2.02. The molecule has 1 aliphatic heterocycles. The van der Waals surface area contributed by atoms with Crippen LogP contribution in [0.4, 0.5) is 0 Å². The third kappa shape index (κ3) is 4.64. The second kappa shape index (κ2) is 8.80. The van der Waals surface area contributed by atoms with Gasteiger partial charge in [-0.1, -0.05) is 24.0 Å². The number of hydrogen-bond donors (Lipinski definition) is 0. The summed E-state index contributed by atoms with van der Waals surface area (Å²) in [6.07, 6.45) is 1.52. The highest BCUT2D eigenvalue weighted by Gasteiger charge is 2.27. The Bertz CT molecular complexity index is 702. The molecule has 0 bridgehead atoms. The van der Waals surface area contributed by atoms with Crippen molar-refractivity contribution in [3.05, 3.63) is 53.0 Å². The Balaban J connectivity index is 1.84. The fourth-order valence-corrected chi connectivity index (χ4v) is 2.02. The van der Waals surface area contributed by atoms with E-state index in [1.54, 1.807) is 14.0 Å². The summed E-state index contributed by atoms with van der Waals surface area (Å²) in [6, 6.07) is 7.64. The molecule has 0 N–H and O–H groups in total. The highest BCUT2D eigenvalue weighted by molar-refractivity contribution is 5.93. The van der Waals surface area contributed by atoms with Crippen molar-refractivity contribution in [2.75, 3.05) is 20.3 Å². The first-order valence-corrected chi connectivity index (χ1v) is 7.61. The second-order valence-corrected chi connectivity index (χ2v) is 4.95. The van der Waals surface area contributed by atoms with Crippen molar-refractivity contribution in [2.45, 2.75) is 20.5 Å². The molecule has 0 spiro atoms. The quantitative estimate of drug-likeness (QED) is 0.456. The van der Waals surface area contributed by atoms with E-state index in [2.05, 4.69) is 11.8 Å². The number of carbonyl (C=O) groups is 1. The van der Waals surface area contributed by atoms with Crippen LogP contribution in [0.15, 0.2) is 47.4 Å². The molecule has 0 saturated heterocycles. The summed E-state index contributed by atoms with van der Waals surface area (Å²) in [5, 5.41) is 0. The minimum absolute atomic E-state index is 0.274. The van der Waals surface area contributed by atoms with Crippen molar-refractivity contribution in [3.63, 3.8) is 0 Å². The number of methoxy groups -OCH3 is 1. The first-order valence-electron chi connectivity index (χ1n) is 7.61. The normalized spacial score (nSPS) is 15.1. The second-order valence-electron chi connectivity index (χ2n) is 4.95. The lowest BCUT2D eigenvalue weighted by Gasteiger charge is -2.03. The number of hydrogen-bond acceptors (Lipinski definition) is 5. The Labute approximate surface area is 141 Å². The van der Waals surface area contributed by atoms with Crippen LogP contribution in [-0.2, 0) is 25.6 Å². The fraction of sp³-hybridized carbons (Fsp3) is 0.316. The van der Waals surface area contributed by atoms with Gasteiger partial charge in [-0.25, -0.2) is 4.79 Å². The van der Waals surface area contributed by atoms with Crippen molar-refractivity contribution < 1.29 is 23.7 Å². The predicted octanol–water partition coefficient (Wildman–Crippen LogP) is 2.97. The van der Waals surface area contributed by atoms with Gasteiger partial charge in [0.2, 0.25) is 0 Å². The average molecular weight is 328 g/mol. The molecule has 0 aromatic heterocycles. The minimum atomic E-state index is -0.401. The van der Waals surface area contributed by atoms with Gasteiger partial charge in [0.25, 0.3) is 0 Å². The van der Waals surface area contributed by atoms with E-state index >= 15 is 0 Å². The zero-order valence-electron chi connectivity index (χ0n) is 14.0. The SMILES string of the molecule is CCOC1=C(C)C(=O)O/C1=C\C#CCOCc1ccc(OC)cc1. The van der Waals surface area contributed by atoms with Gasteiger partial charge in [-0.05, 0) is 31.5 Å². The van der Waals surface area contributed by atoms with Crippen LogP contribution in [0.2, 0.25) is 0 Å². The van der Waals surface area contributed by atoms with E-state index in [0.717, 1.165) is 11.3 Å². The largest absolute Gasteiger partial charge is 0.497 e. The summed E-state index contributed by atoms with van der Waals surface area (Å²) >= 11 is 0. The van der Waals surface area contributed by atoms with E-state index in [4.69, 9.17) is 18.9 Å². The molecule has 0 atom stereocenters. The molecule has 1 aromatic carbocycles. The topological polar surface area (TPSA) is 54.0 Å². The molecule has 0 saturated carbocycles. The Kier molecular flexibility index (Phi) is 6.47. The van der Waals surface area contributed by atoms with Gasteiger partial charge < -0.3 is 18.9 Å². The van der Waals surface area contributed by atoms with Crippen LogP contribution >= 0.6 is 0 Å². The molecule has 1 aromatic rings. The highest BCUT2D eigenvalue weighted by Crippen LogP contribution is 2.26. The monoisotopic (exact) mass is 328 g/mol. The highest BCUT2D eigenvalue weighted by atomic mass is 16.6. The number of esters is 1. The Morgan fingerprint density at radius 2 is 2.00 bits per heavy atom. The van der Waals surface area contributed by atoms with Crippen LogP contribution < -0.4 is 4.74 Å². The molecular formula is C19H20O5. The number of carbonyl (C=O) groups excluding carboxylic acids is 1. The molecule has 2 rings (SSSR count). The maximum Gasteiger partial charge on any atom is 0.343 e. The third-order valence-corrected chi connectivity index (χ3v) is 3.27. The maximum atomic E-state index is 11.5. The first-order chi connectivity index (χ1) is 11.7. The number of benzene rings is 1. The van der Waals surface area contributed by atoms with E-state index in [0.29, 0.717) is 30.3 Å². The van der Waals surface area contributed by atoms with Gasteiger partial charge in [0.15, 0.2) is 11.5 Å². The molecule has 24 heavy (non-hydrogen) atoms. The van der Waals surface area contributed by atoms with Gasteiger partial charge in [0.05, 0.1) is 25.9 Å². The predicted molar refractivity (Wildman–Crippen MR) is 88.9 cm³/mol. The van der Waals surface area contributed by atoms with Crippen LogP contribution in [0.25, 0.3) is 0 Å². The smallest absolute Gasteiger partial charge is 0.343 e. The zero-order chi connectivity index (χ0) is 17.4. The van der Waals surface area contributed by atoms with E-state index < -0.39 is 5.97 Å². The number of allylic oxidation sites excluding steroid dienone is 1. The van der Waals surface area contributed by atoms with Gasteiger partial charge in [-0.15, -0.1) is 0 Å². The van der Waals surface area contributed by atoms with Crippen molar-refractivity contribution in [1.82, 2.24) is 0 Å². The van der Waals surface area contributed by atoms with E-state index in [9.17, 15) is 4.79 Å². The van der Waals surface area contributed by atoms with Gasteiger partial charge in [0, 0.05) is 6.08 Å². The third-order valence-electron chi connectivity index (χ3n) is 3.27. The van der Waals surface area contributed by atoms with Crippen molar-refractivity contribution in [2.24, 2.45) is 0 Å². The molecule has 1 aliphatic rings. The molecule has 0 unspecified atom stereocenters. The van der Waals surface area contributed by atoms with Gasteiger partial charge in [0.1, 0.15) is 12.4 Å². The lowest BCUT2D eigenvalue weighted by atomic mass is 10.2. The first kappa shape index (κ1) is 17.6. The lowest BCUT2D eigenvalue weighted by molar-refractivity contribution is -0.133. The molecular weight excluding hydrogens is 308 g/mol. The maximum absolute atomic E-state index is 11.5. The number of ether oxygens (including phenoxy) is 4. The van der Waals surface area contributed by atoms with Gasteiger partial charge >= 0.3 is 5.97 Å². The average Bonchev–Trinajstić information content (AvgIpc) is 2.86. The summed E-state index contributed by atoms with van der Waals surface area (Å²) in [6.45, 7) is 4.71. The number of cyclic esters (lactones) is 1. The van der Waals surface area contributed by atoms with Crippen molar-refractivity contribution >= 4 is 5.97 Å². The molecule has 5 heteroatoms. The Morgan fingerprint density at radius 1 is 1.25 bits per heavy atom. The number of rotatable bonds is 6. The van der Waals surface area contributed by atoms with Crippen LogP contribution in [0.3, 0.4) is 0 Å². The Hall–Kier alpha value is -2.71. The molecule has 5 nitrogen and oxygen atoms in total. The molecule has 0 radical (unpaired) electrons. The zero-order valence-corrected chi connectivity index (χ0v) is 14.0. The van der Waals surface area contributed by atoms with Crippen LogP contribution in [-0.4, -0.2) is 26.3 Å². The van der Waals surface area contributed by atoms with Crippen LogP contribution in [0.5, 0.6) is 5.75 Å². The minimum Gasteiger partial charge on any atom is -0.497 e. The molecule has 0 fully saturated rings. The van der Waals surface area contributed by atoms with E-state index in [1.807, 2.05) is 31.2 Å².